The maximum absolute atomic E-state index is 13.3. The molecular formula is C19H20N2O4. The van der Waals surface area contributed by atoms with E-state index >= 15 is 0 Å². The molecule has 2 bridgehead atoms. The first-order chi connectivity index (χ1) is 12.1. The molecule has 3 aliphatic heterocycles. The third-order valence-corrected chi connectivity index (χ3v) is 6.76. The number of anilines is 1. The summed E-state index contributed by atoms with van der Waals surface area (Å²) in [6, 6.07) is 7.63. The van der Waals surface area contributed by atoms with E-state index < -0.39 is 5.41 Å². The van der Waals surface area contributed by atoms with Crippen molar-refractivity contribution in [1.29, 1.82) is 0 Å². The van der Waals surface area contributed by atoms with Gasteiger partial charge in [-0.15, -0.1) is 0 Å². The highest BCUT2D eigenvalue weighted by Gasteiger charge is 2.68. The molecule has 1 aromatic rings. The lowest BCUT2D eigenvalue weighted by atomic mass is 9.58. The number of benzene rings is 1. The zero-order valence-corrected chi connectivity index (χ0v) is 14.0. The first-order valence-corrected chi connectivity index (χ1v) is 8.82. The van der Waals surface area contributed by atoms with E-state index in [-0.39, 0.29) is 48.0 Å². The maximum Gasteiger partial charge on any atom is 0.305 e. The number of amides is 1. The minimum absolute atomic E-state index is 0.0396. The Kier molecular flexibility index (Phi) is 2.89. The fourth-order valence-corrected chi connectivity index (χ4v) is 5.72. The van der Waals surface area contributed by atoms with Crippen molar-refractivity contribution in [3.8, 4) is 0 Å². The molecule has 130 valence electrons. The highest BCUT2D eigenvalue weighted by molar-refractivity contribution is 5.99. The average Bonchev–Trinajstić information content (AvgIpc) is 3.11. The summed E-state index contributed by atoms with van der Waals surface area (Å²) in [7, 11) is 1.36. The summed E-state index contributed by atoms with van der Waals surface area (Å²) >= 11 is 0. The fraction of sp³-hybridized carbons (Fsp3) is 0.526. The summed E-state index contributed by atoms with van der Waals surface area (Å²) in [6.07, 6.45) is 1.21. The van der Waals surface area contributed by atoms with Crippen molar-refractivity contribution in [2.45, 2.75) is 36.8 Å². The monoisotopic (exact) mass is 340 g/mol. The van der Waals surface area contributed by atoms with Crippen LogP contribution in [0.2, 0.25) is 0 Å². The number of ether oxygens (including phenoxy) is 1. The number of hydrogen-bond donors (Lipinski definition) is 1. The van der Waals surface area contributed by atoms with Gasteiger partial charge in [0.15, 0.2) is 5.78 Å². The Morgan fingerprint density at radius 1 is 1.36 bits per heavy atom. The number of nitrogens with one attached hydrogen (secondary N) is 1. The number of hydrogen-bond acceptors (Lipinski definition) is 5. The predicted molar refractivity (Wildman–Crippen MR) is 88.9 cm³/mol. The lowest BCUT2D eigenvalue weighted by Crippen LogP contribution is -2.64. The molecule has 1 unspecified atom stereocenters. The van der Waals surface area contributed by atoms with E-state index in [2.05, 4.69) is 5.32 Å². The molecule has 5 rings (SSSR count). The van der Waals surface area contributed by atoms with Gasteiger partial charge in [0.1, 0.15) is 0 Å². The van der Waals surface area contributed by atoms with Crippen molar-refractivity contribution in [1.82, 2.24) is 4.90 Å². The van der Waals surface area contributed by atoms with Crippen LogP contribution in [0.5, 0.6) is 0 Å². The van der Waals surface area contributed by atoms with Crippen LogP contribution in [-0.4, -0.2) is 48.3 Å². The standard InChI is InChI=1S/C19H20N2O4/c1-25-16(23)6-10-9-21-14-7-11(10)17(24)18-19(14,8-15(21)22)12-4-2-3-5-13(12)20-18/h2-5,10-11,14,18,20H,6-9H2,1H3/t10-,11+,14+,18+,19?/m1/s1. The summed E-state index contributed by atoms with van der Waals surface area (Å²) in [5.74, 6) is -0.414. The molecule has 1 aromatic carbocycles. The van der Waals surface area contributed by atoms with Crippen LogP contribution >= 0.6 is 0 Å². The number of ketones is 1. The number of piperidine rings is 1. The average molecular weight is 340 g/mol. The Morgan fingerprint density at radius 3 is 2.96 bits per heavy atom. The second kappa shape index (κ2) is 4.84. The van der Waals surface area contributed by atoms with Gasteiger partial charge in [-0.2, -0.15) is 0 Å². The van der Waals surface area contributed by atoms with Gasteiger partial charge in [-0.3, -0.25) is 14.4 Å². The molecular weight excluding hydrogens is 320 g/mol. The van der Waals surface area contributed by atoms with Crippen molar-refractivity contribution in [3.05, 3.63) is 29.8 Å². The number of Topliss-reactive ketones (excluding diaryl/α,β-unsaturated/α-hetero) is 1. The lowest BCUT2D eigenvalue weighted by Gasteiger charge is -2.51. The Labute approximate surface area is 145 Å². The SMILES string of the molecule is COC(=O)C[C@@H]1CN2C(=O)CC34c5ccccc5N[C@H]3C(=O)[C@H]1C[C@H]24. The number of esters is 1. The molecule has 3 heterocycles. The van der Waals surface area contributed by atoms with E-state index in [1.54, 1.807) is 0 Å². The molecule has 25 heavy (non-hydrogen) atoms. The van der Waals surface area contributed by atoms with E-state index in [0.29, 0.717) is 19.4 Å². The second-order valence-electron chi connectivity index (χ2n) is 7.69. The van der Waals surface area contributed by atoms with Crippen LogP contribution in [0, 0.1) is 11.8 Å². The molecule has 0 aromatic heterocycles. The van der Waals surface area contributed by atoms with Crippen LogP contribution in [0.3, 0.4) is 0 Å². The van der Waals surface area contributed by atoms with Gasteiger partial charge in [0, 0.05) is 30.6 Å². The number of nitrogens with zero attached hydrogens (tertiary/aromatic N) is 1. The summed E-state index contributed by atoms with van der Waals surface area (Å²) in [5, 5.41) is 3.40. The normalized spacial score (nSPS) is 37.4. The maximum atomic E-state index is 13.3. The number of rotatable bonds is 2. The van der Waals surface area contributed by atoms with Crippen LogP contribution in [0.25, 0.3) is 0 Å². The molecule has 1 saturated carbocycles. The molecule has 5 atom stereocenters. The number of methoxy groups -OCH3 is 1. The van der Waals surface area contributed by atoms with Crippen molar-refractivity contribution < 1.29 is 19.1 Å². The van der Waals surface area contributed by atoms with E-state index in [9.17, 15) is 14.4 Å². The van der Waals surface area contributed by atoms with Crippen molar-refractivity contribution in [2.75, 3.05) is 19.0 Å². The molecule has 1 spiro atoms. The van der Waals surface area contributed by atoms with Crippen LogP contribution in [-0.2, 0) is 24.5 Å². The van der Waals surface area contributed by atoms with Gasteiger partial charge >= 0.3 is 5.97 Å². The van der Waals surface area contributed by atoms with Crippen LogP contribution < -0.4 is 5.32 Å². The van der Waals surface area contributed by atoms with Crippen LogP contribution in [0.15, 0.2) is 24.3 Å². The second-order valence-corrected chi connectivity index (χ2v) is 7.69. The van der Waals surface area contributed by atoms with Gasteiger partial charge in [-0.1, -0.05) is 18.2 Å². The number of carbonyl (C=O) groups excluding carboxylic acids is 3. The van der Waals surface area contributed by atoms with Gasteiger partial charge in [-0.05, 0) is 24.0 Å². The van der Waals surface area contributed by atoms with Crippen molar-refractivity contribution in [2.24, 2.45) is 11.8 Å². The summed E-state index contributed by atoms with van der Waals surface area (Å²) < 4.78 is 4.80. The quantitative estimate of drug-likeness (QED) is 0.816. The summed E-state index contributed by atoms with van der Waals surface area (Å²) in [5.41, 5.74) is 1.61. The molecule has 1 N–H and O–H groups in total. The van der Waals surface area contributed by atoms with E-state index in [4.69, 9.17) is 4.74 Å². The fourth-order valence-electron chi connectivity index (χ4n) is 5.72. The van der Waals surface area contributed by atoms with E-state index in [0.717, 1.165) is 11.3 Å². The van der Waals surface area contributed by atoms with Gasteiger partial charge in [0.2, 0.25) is 5.91 Å². The van der Waals surface area contributed by atoms with Gasteiger partial charge in [0.05, 0.1) is 25.0 Å². The topological polar surface area (TPSA) is 75.7 Å². The summed E-state index contributed by atoms with van der Waals surface area (Å²) in [4.78, 5) is 39.8. The zero-order valence-electron chi connectivity index (χ0n) is 14.0. The Hall–Kier alpha value is -2.37. The third kappa shape index (κ3) is 1.72. The third-order valence-electron chi connectivity index (χ3n) is 6.76. The molecule has 2 saturated heterocycles. The molecule has 6 heteroatoms. The number of para-hydroxylation sites is 1. The van der Waals surface area contributed by atoms with E-state index in [1.807, 2.05) is 29.2 Å². The molecule has 3 fully saturated rings. The number of fused-ring (bicyclic) bond motifs is 2. The Morgan fingerprint density at radius 2 is 2.16 bits per heavy atom. The molecule has 1 amide bonds. The summed E-state index contributed by atoms with van der Waals surface area (Å²) in [6.45, 7) is 0.478. The Bertz CT molecular complexity index is 806. The highest BCUT2D eigenvalue weighted by Crippen LogP contribution is 2.58. The zero-order chi connectivity index (χ0) is 17.3. The van der Waals surface area contributed by atoms with Gasteiger partial charge < -0.3 is 15.0 Å². The van der Waals surface area contributed by atoms with Gasteiger partial charge in [0.25, 0.3) is 0 Å². The van der Waals surface area contributed by atoms with Crippen LogP contribution in [0.4, 0.5) is 5.69 Å². The first-order valence-electron chi connectivity index (χ1n) is 8.82. The molecule has 4 aliphatic rings. The molecule has 0 radical (unpaired) electrons. The van der Waals surface area contributed by atoms with Gasteiger partial charge in [-0.25, -0.2) is 0 Å². The van der Waals surface area contributed by atoms with Crippen molar-refractivity contribution >= 4 is 23.3 Å². The Balaban J connectivity index is 1.61. The lowest BCUT2D eigenvalue weighted by molar-refractivity contribution is -0.148. The minimum Gasteiger partial charge on any atom is -0.469 e. The minimum atomic E-state index is -0.447. The smallest absolute Gasteiger partial charge is 0.305 e. The van der Waals surface area contributed by atoms with Crippen molar-refractivity contribution in [3.63, 3.8) is 0 Å². The number of carbonyl (C=O) groups is 3. The molecule has 1 aliphatic carbocycles. The molecule has 6 nitrogen and oxygen atoms in total. The first kappa shape index (κ1) is 14.9. The van der Waals surface area contributed by atoms with E-state index in [1.165, 1.54) is 7.11 Å². The highest BCUT2D eigenvalue weighted by atomic mass is 16.5. The predicted octanol–water partition coefficient (Wildman–Crippen LogP) is 1.10. The van der Waals surface area contributed by atoms with Crippen LogP contribution in [0.1, 0.15) is 24.8 Å². The largest absolute Gasteiger partial charge is 0.469 e.